The maximum Gasteiger partial charge on any atom is 0.256 e. The number of benzene rings is 3. The molecule has 3 aromatic rings. The van der Waals surface area contributed by atoms with E-state index in [2.05, 4.69) is 5.32 Å². The minimum Gasteiger partial charge on any atom is -0.326 e. The topological polar surface area (TPSA) is 101 Å². The van der Waals surface area contributed by atoms with Gasteiger partial charge in [0, 0.05) is 11.1 Å². The number of nitrogens with zero attached hydrogens (tertiary/aromatic N) is 1. The lowest BCUT2D eigenvalue weighted by atomic mass is 9.95. The molecule has 0 fully saturated rings. The van der Waals surface area contributed by atoms with Crippen LogP contribution in [0.4, 0.5) is 5.69 Å². The first-order valence-electron chi connectivity index (χ1n) is 10.2. The molecule has 0 aliphatic carbocycles. The lowest BCUT2D eigenvalue weighted by molar-refractivity contribution is -0.123. The highest BCUT2D eigenvalue weighted by molar-refractivity contribution is 8.04. The van der Waals surface area contributed by atoms with Crippen molar-refractivity contribution in [1.29, 1.82) is 0 Å². The normalized spacial score (nSPS) is 12.5. The summed E-state index contributed by atoms with van der Waals surface area (Å²) in [4.78, 5) is 11.9. The van der Waals surface area contributed by atoms with Crippen LogP contribution in [0.2, 0.25) is 0 Å². The van der Waals surface area contributed by atoms with Gasteiger partial charge in [0.2, 0.25) is 5.91 Å². The first-order chi connectivity index (χ1) is 15.4. The van der Waals surface area contributed by atoms with Gasteiger partial charge >= 0.3 is 0 Å². The number of hydrogen-bond acceptors (Lipinski definition) is 5. The average Bonchev–Trinajstić information content (AvgIpc) is 2.79. The van der Waals surface area contributed by atoms with Gasteiger partial charge in [0.05, 0.1) is 16.3 Å². The summed E-state index contributed by atoms with van der Waals surface area (Å²) in [6.07, 6.45) is 0. The van der Waals surface area contributed by atoms with Crippen LogP contribution in [0.3, 0.4) is 0 Å². The van der Waals surface area contributed by atoms with Crippen LogP contribution in [0, 0.1) is 5.41 Å². The monoisotopic (exact) mass is 486 g/mol. The highest BCUT2D eigenvalue weighted by atomic mass is 32.3. The Morgan fingerprint density at radius 1 is 0.727 bits per heavy atom. The summed E-state index contributed by atoms with van der Waals surface area (Å²) < 4.78 is 54.0. The van der Waals surface area contributed by atoms with E-state index in [1.807, 2.05) is 0 Å². The Balaban J connectivity index is 1.99. The van der Waals surface area contributed by atoms with Crippen molar-refractivity contribution < 1.29 is 21.6 Å². The second-order valence-corrected chi connectivity index (χ2v) is 12.4. The number of hydrogen-bond donors (Lipinski definition) is 1. The Kier molecular flexibility index (Phi) is 7.06. The molecule has 0 saturated heterocycles. The Morgan fingerprint density at radius 2 is 1.15 bits per heavy atom. The van der Waals surface area contributed by atoms with Gasteiger partial charge in [-0.1, -0.05) is 73.0 Å². The fraction of sp³-hybridized carbons (Fsp3) is 0.208. The zero-order valence-corrected chi connectivity index (χ0v) is 20.2. The van der Waals surface area contributed by atoms with Gasteiger partial charge in [0.1, 0.15) is 0 Å². The van der Waals surface area contributed by atoms with Gasteiger partial charge in [-0.25, -0.2) is 16.8 Å². The SMILES string of the molecule is CC(C)(C)C(=O)Nc1ccc(CN(S(=O)(=O)c2ccccc2)S(=O)(=O)c2ccccc2)cc1. The zero-order chi connectivity index (χ0) is 24.3. The van der Waals surface area contributed by atoms with Crippen LogP contribution in [-0.4, -0.2) is 26.5 Å². The standard InChI is InChI=1S/C24H26N2O5S2/c1-24(2,3)23(27)25-20-16-14-19(15-17-20)18-26(32(28,29)21-10-6-4-7-11-21)33(30,31)22-12-8-5-9-13-22/h4-17H,18H2,1-3H3,(H,25,27). The van der Waals surface area contributed by atoms with Gasteiger partial charge in [-0.2, -0.15) is 0 Å². The average molecular weight is 487 g/mol. The van der Waals surface area contributed by atoms with Crippen molar-refractivity contribution in [2.24, 2.45) is 5.41 Å². The molecule has 3 rings (SSSR count). The highest BCUT2D eigenvalue weighted by Crippen LogP contribution is 2.27. The van der Waals surface area contributed by atoms with Crippen molar-refractivity contribution >= 4 is 31.6 Å². The highest BCUT2D eigenvalue weighted by Gasteiger charge is 2.36. The van der Waals surface area contributed by atoms with Crippen LogP contribution >= 0.6 is 0 Å². The predicted octanol–water partition coefficient (Wildman–Crippen LogP) is 4.25. The van der Waals surface area contributed by atoms with Crippen molar-refractivity contribution in [2.75, 3.05) is 5.32 Å². The van der Waals surface area contributed by atoms with E-state index in [0.29, 0.717) is 15.0 Å². The lowest BCUT2D eigenvalue weighted by Crippen LogP contribution is -2.36. The molecule has 0 aliphatic heterocycles. The van der Waals surface area contributed by atoms with Gasteiger partial charge in [-0.05, 0) is 42.0 Å². The molecular weight excluding hydrogens is 460 g/mol. The molecule has 174 valence electrons. The molecule has 0 bridgehead atoms. The van der Waals surface area contributed by atoms with Gasteiger partial charge in [-0.15, -0.1) is 0 Å². The number of nitrogens with one attached hydrogen (secondary N) is 1. The molecule has 33 heavy (non-hydrogen) atoms. The first-order valence-corrected chi connectivity index (χ1v) is 13.1. The fourth-order valence-electron chi connectivity index (χ4n) is 2.88. The summed E-state index contributed by atoms with van der Waals surface area (Å²) in [5.74, 6) is -0.171. The summed E-state index contributed by atoms with van der Waals surface area (Å²) in [6, 6.07) is 21.3. The molecule has 0 unspecified atom stereocenters. The van der Waals surface area contributed by atoms with E-state index in [1.165, 1.54) is 48.5 Å². The van der Waals surface area contributed by atoms with E-state index in [9.17, 15) is 21.6 Å². The Bertz CT molecular complexity index is 1250. The van der Waals surface area contributed by atoms with E-state index in [1.54, 1.807) is 57.2 Å². The molecule has 3 aromatic carbocycles. The number of carbonyl (C=O) groups is 1. The first kappa shape index (κ1) is 24.6. The number of carbonyl (C=O) groups excluding carboxylic acids is 1. The largest absolute Gasteiger partial charge is 0.326 e. The smallest absolute Gasteiger partial charge is 0.256 e. The lowest BCUT2D eigenvalue weighted by Gasteiger charge is -2.22. The predicted molar refractivity (Wildman–Crippen MR) is 127 cm³/mol. The van der Waals surface area contributed by atoms with Gasteiger partial charge in [0.15, 0.2) is 0 Å². The number of sulfonamides is 2. The number of anilines is 1. The minimum atomic E-state index is -4.38. The van der Waals surface area contributed by atoms with E-state index in [0.717, 1.165) is 0 Å². The van der Waals surface area contributed by atoms with Gasteiger partial charge in [0.25, 0.3) is 20.0 Å². The third-order valence-corrected chi connectivity index (χ3v) is 9.07. The molecule has 0 aliphatic rings. The molecule has 9 heteroatoms. The minimum absolute atomic E-state index is 0.126. The van der Waals surface area contributed by atoms with Crippen LogP contribution in [0.5, 0.6) is 0 Å². The summed E-state index contributed by atoms with van der Waals surface area (Å²) >= 11 is 0. The summed E-state index contributed by atoms with van der Waals surface area (Å²) in [5.41, 5.74) is 0.396. The molecular formula is C24H26N2O5S2. The van der Waals surface area contributed by atoms with Crippen molar-refractivity contribution in [3.05, 3.63) is 90.5 Å². The van der Waals surface area contributed by atoms with E-state index >= 15 is 0 Å². The van der Waals surface area contributed by atoms with Crippen molar-refractivity contribution in [3.63, 3.8) is 0 Å². The van der Waals surface area contributed by atoms with Crippen LogP contribution in [0.15, 0.2) is 94.7 Å². The molecule has 0 atom stereocenters. The molecule has 1 N–H and O–H groups in total. The molecule has 1 amide bonds. The summed E-state index contributed by atoms with van der Waals surface area (Å²) in [6.45, 7) is 4.97. The van der Waals surface area contributed by atoms with Crippen LogP contribution in [0.25, 0.3) is 0 Å². The quantitative estimate of drug-likeness (QED) is 0.538. The number of rotatable bonds is 7. The molecule has 0 saturated carbocycles. The Hall–Kier alpha value is -3.01. The maximum absolute atomic E-state index is 13.4. The van der Waals surface area contributed by atoms with E-state index < -0.39 is 32.0 Å². The Morgan fingerprint density at radius 3 is 1.55 bits per heavy atom. The van der Waals surface area contributed by atoms with Gasteiger partial charge < -0.3 is 5.32 Å². The molecule has 0 aromatic heterocycles. The zero-order valence-electron chi connectivity index (χ0n) is 18.6. The Labute approximate surface area is 195 Å². The van der Waals surface area contributed by atoms with Crippen molar-refractivity contribution in [2.45, 2.75) is 37.1 Å². The van der Waals surface area contributed by atoms with Crippen LogP contribution < -0.4 is 5.32 Å². The van der Waals surface area contributed by atoms with E-state index in [4.69, 9.17) is 0 Å². The molecule has 7 nitrogen and oxygen atoms in total. The second-order valence-electron chi connectivity index (χ2n) is 8.47. The molecule has 0 heterocycles. The summed E-state index contributed by atoms with van der Waals surface area (Å²) in [7, 11) is -8.76. The second kappa shape index (κ2) is 9.46. The van der Waals surface area contributed by atoms with Crippen molar-refractivity contribution in [1.82, 2.24) is 3.71 Å². The maximum atomic E-state index is 13.4. The molecule has 0 spiro atoms. The van der Waals surface area contributed by atoms with Crippen LogP contribution in [0.1, 0.15) is 26.3 Å². The molecule has 0 radical (unpaired) electrons. The number of amides is 1. The fourth-order valence-corrected chi connectivity index (χ4v) is 6.54. The van der Waals surface area contributed by atoms with Crippen molar-refractivity contribution in [3.8, 4) is 0 Å². The van der Waals surface area contributed by atoms with E-state index in [-0.39, 0.29) is 15.7 Å². The summed E-state index contributed by atoms with van der Waals surface area (Å²) in [5, 5.41) is 2.79. The van der Waals surface area contributed by atoms with Crippen LogP contribution in [-0.2, 0) is 31.4 Å². The third-order valence-electron chi connectivity index (χ3n) is 4.82. The van der Waals surface area contributed by atoms with Gasteiger partial charge in [-0.3, -0.25) is 4.79 Å². The third kappa shape index (κ3) is 5.68.